The maximum absolute atomic E-state index is 13.6. The molecule has 2 aromatic carbocycles. The Morgan fingerprint density at radius 3 is 2.56 bits per heavy atom. The number of anilines is 1. The molecule has 0 aliphatic carbocycles. The van der Waals surface area contributed by atoms with Crippen molar-refractivity contribution in [3.8, 4) is 5.75 Å². The predicted octanol–water partition coefficient (Wildman–Crippen LogP) is 3.72. The molecule has 0 aromatic heterocycles. The van der Waals surface area contributed by atoms with Gasteiger partial charge in [0.1, 0.15) is 11.6 Å². The second kappa shape index (κ2) is 9.03. The van der Waals surface area contributed by atoms with Gasteiger partial charge in [-0.05, 0) is 24.1 Å². The summed E-state index contributed by atoms with van der Waals surface area (Å²) in [5.41, 5.74) is 0.671. The average Bonchev–Trinajstić information content (AvgIpc) is 2.59. The third kappa shape index (κ3) is 5.76. The summed E-state index contributed by atoms with van der Waals surface area (Å²) in [6.07, 6.45) is -1.13. The van der Waals surface area contributed by atoms with E-state index in [2.05, 4.69) is 10.6 Å². The van der Waals surface area contributed by atoms with E-state index in [1.165, 1.54) is 12.1 Å². The third-order valence-electron chi connectivity index (χ3n) is 3.43. The van der Waals surface area contributed by atoms with Crippen LogP contribution >= 0.6 is 0 Å². The molecule has 1 unspecified atom stereocenters. The number of aliphatic hydroxyl groups is 1. The summed E-state index contributed by atoms with van der Waals surface area (Å²) >= 11 is 0. The molecule has 6 heteroatoms. The molecule has 134 valence electrons. The molecule has 0 bridgehead atoms. The van der Waals surface area contributed by atoms with Gasteiger partial charge >= 0.3 is 6.03 Å². The van der Waals surface area contributed by atoms with Crippen molar-refractivity contribution in [2.24, 2.45) is 5.92 Å². The van der Waals surface area contributed by atoms with E-state index in [1.807, 2.05) is 19.9 Å². The summed E-state index contributed by atoms with van der Waals surface area (Å²) in [5, 5.41) is 15.2. The number of amides is 2. The Labute approximate surface area is 146 Å². The number of urea groups is 1. The van der Waals surface area contributed by atoms with Crippen molar-refractivity contribution < 1.29 is 19.0 Å². The highest BCUT2D eigenvalue weighted by atomic mass is 19.1. The van der Waals surface area contributed by atoms with Gasteiger partial charge in [0.25, 0.3) is 0 Å². The van der Waals surface area contributed by atoms with Crippen LogP contribution in [0.5, 0.6) is 5.75 Å². The van der Waals surface area contributed by atoms with E-state index in [0.717, 1.165) is 0 Å². The van der Waals surface area contributed by atoms with Crippen molar-refractivity contribution >= 4 is 11.7 Å². The van der Waals surface area contributed by atoms with Crippen LogP contribution in [0.25, 0.3) is 0 Å². The fourth-order valence-corrected chi connectivity index (χ4v) is 2.16. The lowest BCUT2D eigenvalue weighted by molar-refractivity contribution is 0.170. The molecule has 0 aliphatic rings. The van der Waals surface area contributed by atoms with Gasteiger partial charge in [-0.25, -0.2) is 9.18 Å². The number of aliphatic hydroxyl groups excluding tert-OH is 1. The second-order valence-corrected chi connectivity index (χ2v) is 6.07. The van der Waals surface area contributed by atoms with Crippen LogP contribution in [0.4, 0.5) is 14.9 Å². The first-order valence-corrected chi connectivity index (χ1v) is 8.16. The molecule has 0 fully saturated rings. The molecule has 0 heterocycles. The zero-order chi connectivity index (χ0) is 18.2. The molecular weight excluding hydrogens is 323 g/mol. The van der Waals surface area contributed by atoms with Gasteiger partial charge in [-0.3, -0.25) is 0 Å². The smallest absolute Gasteiger partial charge is 0.319 e. The van der Waals surface area contributed by atoms with Gasteiger partial charge in [-0.2, -0.15) is 0 Å². The van der Waals surface area contributed by atoms with Crippen LogP contribution in [0.15, 0.2) is 48.5 Å². The number of carbonyl (C=O) groups excluding carboxylic acids is 1. The van der Waals surface area contributed by atoms with Gasteiger partial charge in [0.2, 0.25) is 0 Å². The van der Waals surface area contributed by atoms with Crippen LogP contribution in [-0.2, 0) is 0 Å². The standard InChI is InChI=1S/C19H23FN2O3/c1-13(2)12-25-18-10-6-5-9-16(18)22-19(24)21-11-17(23)14-7-3-4-8-15(14)20/h3-10,13,17,23H,11-12H2,1-2H3,(H2,21,22,24). The molecule has 2 amide bonds. The number of halogens is 1. The van der Waals surface area contributed by atoms with Crippen molar-refractivity contribution in [1.82, 2.24) is 5.32 Å². The van der Waals surface area contributed by atoms with E-state index in [1.54, 1.807) is 30.3 Å². The molecule has 0 radical (unpaired) electrons. The minimum atomic E-state index is -1.13. The molecule has 0 aliphatic heterocycles. The average molecular weight is 346 g/mol. The predicted molar refractivity (Wildman–Crippen MR) is 95.2 cm³/mol. The van der Waals surface area contributed by atoms with Crippen molar-refractivity contribution in [1.29, 1.82) is 0 Å². The lowest BCUT2D eigenvalue weighted by Gasteiger charge is -2.16. The number of rotatable bonds is 7. The first-order chi connectivity index (χ1) is 12.0. The summed E-state index contributed by atoms with van der Waals surface area (Å²) < 4.78 is 19.3. The lowest BCUT2D eigenvalue weighted by Crippen LogP contribution is -2.32. The highest BCUT2D eigenvalue weighted by Crippen LogP contribution is 2.24. The van der Waals surface area contributed by atoms with Gasteiger partial charge in [0, 0.05) is 12.1 Å². The van der Waals surface area contributed by atoms with Crippen molar-refractivity contribution in [2.45, 2.75) is 20.0 Å². The normalized spacial score (nSPS) is 11.9. The molecule has 2 aromatic rings. The van der Waals surface area contributed by atoms with E-state index in [0.29, 0.717) is 24.0 Å². The lowest BCUT2D eigenvalue weighted by atomic mass is 10.1. The second-order valence-electron chi connectivity index (χ2n) is 6.07. The van der Waals surface area contributed by atoms with Gasteiger partial charge in [0.15, 0.2) is 0 Å². The minimum Gasteiger partial charge on any atom is -0.491 e. The molecule has 0 spiro atoms. The van der Waals surface area contributed by atoms with Crippen LogP contribution in [0, 0.1) is 11.7 Å². The van der Waals surface area contributed by atoms with Crippen LogP contribution in [0.1, 0.15) is 25.5 Å². The summed E-state index contributed by atoms with van der Waals surface area (Å²) in [6.45, 7) is 4.49. The summed E-state index contributed by atoms with van der Waals surface area (Å²) in [5.74, 6) is 0.420. The number of nitrogens with one attached hydrogen (secondary N) is 2. The molecule has 0 saturated carbocycles. The highest BCUT2D eigenvalue weighted by Gasteiger charge is 2.14. The van der Waals surface area contributed by atoms with Gasteiger partial charge in [-0.1, -0.05) is 44.2 Å². The van der Waals surface area contributed by atoms with Crippen molar-refractivity contribution in [2.75, 3.05) is 18.5 Å². The number of para-hydroxylation sites is 2. The van der Waals surface area contributed by atoms with Gasteiger partial charge in [0.05, 0.1) is 18.4 Å². The highest BCUT2D eigenvalue weighted by molar-refractivity contribution is 5.90. The van der Waals surface area contributed by atoms with E-state index < -0.39 is 18.0 Å². The zero-order valence-corrected chi connectivity index (χ0v) is 14.3. The Kier molecular flexibility index (Phi) is 6.77. The number of hydrogen-bond donors (Lipinski definition) is 3. The molecule has 2 rings (SSSR count). The summed E-state index contributed by atoms with van der Waals surface area (Å²) in [6, 6.07) is 12.5. The quantitative estimate of drug-likeness (QED) is 0.716. The first kappa shape index (κ1) is 18.7. The van der Waals surface area contributed by atoms with Crippen molar-refractivity contribution in [3.05, 3.63) is 59.9 Å². The summed E-state index contributed by atoms with van der Waals surface area (Å²) in [7, 11) is 0. The van der Waals surface area contributed by atoms with Crippen LogP contribution in [-0.4, -0.2) is 24.3 Å². The maximum atomic E-state index is 13.6. The van der Waals surface area contributed by atoms with Crippen LogP contribution in [0.2, 0.25) is 0 Å². The Balaban J connectivity index is 1.91. The largest absolute Gasteiger partial charge is 0.491 e. The van der Waals surface area contributed by atoms with Crippen LogP contribution < -0.4 is 15.4 Å². The van der Waals surface area contributed by atoms with E-state index in [4.69, 9.17) is 4.74 Å². The van der Waals surface area contributed by atoms with E-state index >= 15 is 0 Å². The molecule has 0 saturated heterocycles. The van der Waals surface area contributed by atoms with E-state index in [-0.39, 0.29) is 12.1 Å². The van der Waals surface area contributed by atoms with Crippen molar-refractivity contribution in [3.63, 3.8) is 0 Å². The molecule has 1 atom stereocenters. The van der Waals surface area contributed by atoms with E-state index in [9.17, 15) is 14.3 Å². The fourth-order valence-electron chi connectivity index (χ4n) is 2.16. The summed E-state index contributed by atoms with van der Waals surface area (Å²) in [4.78, 5) is 12.0. The topological polar surface area (TPSA) is 70.6 Å². The third-order valence-corrected chi connectivity index (χ3v) is 3.43. The number of hydrogen-bond acceptors (Lipinski definition) is 3. The Morgan fingerprint density at radius 2 is 1.84 bits per heavy atom. The fraction of sp³-hybridized carbons (Fsp3) is 0.316. The number of ether oxygens (including phenoxy) is 1. The Hall–Kier alpha value is -2.60. The minimum absolute atomic E-state index is 0.109. The van der Waals surface area contributed by atoms with Crippen LogP contribution in [0.3, 0.4) is 0 Å². The Morgan fingerprint density at radius 1 is 1.16 bits per heavy atom. The maximum Gasteiger partial charge on any atom is 0.319 e. The SMILES string of the molecule is CC(C)COc1ccccc1NC(=O)NCC(O)c1ccccc1F. The number of benzene rings is 2. The zero-order valence-electron chi connectivity index (χ0n) is 14.3. The monoisotopic (exact) mass is 346 g/mol. The van der Waals surface area contributed by atoms with Gasteiger partial charge in [-0.15, -0.1) is 0 Å². The Bertz CT molecular complexity index is 707. The first-order valence-electron chi connectivity index (χ1n) is 8.16. The van der Waals surface area contributed by atoms with Gasteiger partial charge < -0.3 is 20.5 Å². The molecular formula is C19H23FN2O3. The number of carbonyl (C=O) groups is 1. The molecule has 3 N–H and O–H groups in total. The molecule has 25 heavy (non-hydrogen) atoms. The molecule has 5 nitrogen and oxygen atoms in total.